The zero-order valence-corrected chi connectivity index (χ0v) is 22.4. The van der Waals surface area contributed by atoms with Crippen molar-refractivity contribution in [2.24, 2.45) is 5.11 Å². The lowest BCUT2D eigenvalue weighted by Crippen LogP contribution is -2.74. The molecular weight excluding hydrogens is 703 g/mol. The van der Waals surface area contributed by atoms with E-state index in [-0.39, 0.29) is 17.7 Å². The third-order valence-corrected chi connectivity index (χ3v) is 5.85. The van der Waals surface area contributed by atoms with E-state index in [1.54, 1.807) is 0 Å². The molecule has 0 fully saturated rings. The van der Waals surface area contributed by atoms with Crippen LogP contribution < -0.4 is 0 Å². The van der Waals surface area contributed by atoms with Crippen molar-refractivity contribution < 1.29 is 89.0 Å². The summed E-state index contributed by atoms with van der Waals surface area (Å²) in [4.78, 5) is 27.6. The van der Waals surface area contributed by atoms with Gasteiger partial charge in [0.15, 0.2) is 0 Å². The van der Waals surface area contributed by atoms with Crippen LogP contribution in [0.2, 0.25) is 0 Å². The normalized spacial score (nSPS) is 13.8. The number of carbonyl (C=O) groups excluding carboxylic acids is 2. The second-order valence-electron chi connectivity index (χ2n) is 9.07. The first-order chi connectivity index (χ1) is 21.0. The van der Waals surface area contributed by atoms with E-state index in [0.717, 1.165) is 12.1 Å². The number of benzene rings is 1. The van der Waals surface area contributed by atoms with E-state index in [0.29, 0.717) is 4.90 Å². The van der Waals surface area contributed by atoms with E-state index >= 15 is 0 Å². The molecule has 47 heavy (non-hydrogen) atoms. The second kappa shape index (κ2) is 13.5. The average molecular weight is 718 g/mol. The fourth-order valence-corrected chi connectivity index (χ4v) is 3.26. The van der Waals surface area contributed by atoms with Crippen molar-refractivity contribution in [3.8, 4) is 12.3 Å². The second-order valence-corrected chi connectivity index (χ2v) is 9.07. The molecule has 0 atom stereocenters. The molecule has 1 amide bonds. The molecule has 7 nitrogen and oxygen atoms in total. The molecule has 0 saturated heterocycles. The molecule has 0 aliphatic carbocycles. The Kier molecular flexibility index (Phi) is 11.8. The first-order valence-corrected chi connectivity index (χ1v) is 11.7. The Bertz CT molecular complexity index is 1400. The predicted molar refractivity (Wildman–Crippen MR) is 120 cm³/mol. The number of hydrogen-bond acceptors (Lipinski definition) is 4. The lowest BCUT2D eigenvalue weighted by Gasteiger charge is -2.42. The van der Waals surface area contributed by atoms with Crippen molar-refractivity contribution in [2.45, 2.75) is 60.6 Å². The highest BCUT2D eigenvalue weighted by Gasteiger charge is 2.95. The van der Waals surface area contributed by atoms with Crippen LogP contribution in [0, 0.1) is 12.3 Å². The zero-order valence-electron chi connectivity index (χ0n) is 22.4. The molecule has 0 saturated carbocycles. The summed E-state index contributed by atoms with van der Waals surface area (Å²) in [5.41, 5.74) is 8.37. The molecule has 0 aliphatic rings. The van der Waals surface area contributed by atoms with Crippen LogP contribution in [0.1, 0.15) is 22.3 Å². The van der Waals surface area contributed by atoms with Gasteiger partial charge in [0.2, 0.25) is 0 Å². The number of esters is 1. The number of terminal acetylenes is 1. The first-order valence-electron chi connectivity index (χ1n) is 11.7. The van der Waals surface area contributed by atoms with Crippen LogP contribution in [0.5, 0.6) is 0 Å². The lowest BCUT2D eigenvalue weighted by molar-refractivity contribution is -0.461. The fraction of sp³-hybridized carbons (Fsp3) is 0.565. The standard InChI is InChI=1S/C23H15F17N4O3/c1-2-7-44(15(46)13-5-3-4-12(9-13)10-42-43-41)11-14(45)47-8-6-16(24,25)17(26,27)18(28,29)19(30,31)20(32,33)21(34,35)22(36,37)23(38,39)40/h1,3-5,9H,6-8,10-11H2. The maximum Gasteiger partial charge on any atom is 0.460 e. The zero-order chi connectivity index (χ0) is 37.1. The van der Waals surface area contributed by atoms with Crippen LogP contribution in [-0.4, -0.2) is 84.1 Å². The van der Waals surface area contributed by atoms with E-state index in [9.17, 15) is 84.2 Å². The number of amides is 1. The Hall–Kier alpha value is -4.16. The number of hydrogen-bond donors (Lipinski definition) is 0. The summed E-state index contributed by atoms with van der Waals surface area (Å²) < 4.78 is 231. The molecule has 0 bridgehead atoms. The predicted octanol–water partition coefficient (Wildman–Crippen LogP) is 7.52. The third-order valence-electron chi connectivity index (χ3n) is 5.85. The van der Waals surface area contributed by atoms with Crippen LogP contribution >= 0.6 is 0 Å². The van der Waals surface area contributed by atoms with Gasteiger partial charge < -0.3 is 9.64 Å². The van der Waals surface area contributed by atoms with Crippen LogP contribution in [0.3, 0.4) is 0 Å². The summed E-state index contributed by atoms with van der Waals surface area (Å²) in [6.45, 7) is -4.48. The SMILES string of the molecule is C#CCN(CC(=O)OCCC(F)(F)C(F)(F)C(F)(F)C(F)(F)C(F)(F)C(F)(F)C(F)(F)C(F)(F)F)C(=O)c1cccc(CN=[N+]=[N-])c1. The molecule has 0 unspecified atom stereocenters. The highest BCUT2D eigenvalue weighted by atomic mass is 19.4. The Balaban J connectivity index is 3.18. The molecule has 0 N–H and O–H groups in total. The monoisotopic (exact) mass is 718 g/mol. The van der Waals surface area contributed by atoms with Crippen molar-refractivity contribution in [3.63, 3.8) is 0 Å². The highest BCUT2D eigenvalue weighted by molar-refractivity contribution is 5.96. The summed E-state index contributed by atoms with van der Waals surface area (Å²) in [5, 5.41) is 3.22. The highest BCUT2D eigenvalue weighted by Crippen LogP contribution is 2.64. The Morgan fingerprint density at radius 3 is 1.77 bits per heavy atom. The van der Waals surface area contributed by atoms with Crippen molar-refractivity contribution in [1.29, 1.82) is 0 Å². The van der Waals surface area contributed by atoms with Crippen molar-refractivity contribution in [2.75, 3.05) is 19.7 Å². The molecule has 0 radical (unpaired) electrons. The van der Waals surface area contributed by atoms with E-state index in [4.69, 9.17) is 12.0 Å². The van der Waals surface area contributed by atoms with Crippen LogP contribution in [0.15, 0.2) is 29.4 Å². The average Bonchev–Trinajstić information content (AvgIpc) is 2.94. The largest absolute Gasteiger partial charge is 0.464 e. The van der Waals surface area contributed by atoms with Gasteiger partial charge in [-0.05, 0) is 23.2 Å². The quantitative estimate of drug-likeness (QED) is 0.0469. The van der Waals surface area contributed by atoms with Gasteiger partial charge in [-0.3, -0.25) is 9.59 Å². The van der Waals surface area contributed by atoms with Gasteiger partial charge in [0.25, 0.3) is 5.91 Å². The van der Waals surface area contributed by atoms with E-state index < -0.39 is 85.6 Å². The van der Waals surface area contributed by atoms with Gasteiger partial charge in [0, 0.05) is 10.5 Å². The van der Waals surface area contributed by atoms with Gasteiger partial charge in [0.05, 0.1) is 26.1 Å². The summed E-state index contributed by atoms with van der Waals surface area (Å²) in [7, 11) is 0. The molecule has 0 aromatic heterocycles. The number of azide groups is 1. The van der Waals surface area contributed by atoms with E-state index in [1.165, 1.54) is 12.1 Å². The summed E-state index contributed by atoms with van der Waals surface area (Å²) >= 11 is 0. The van der Waals surface area contributed by atoms with Crippen LogP contribution in [0.4, 0.5) is 74.6 Å². The van der Waals surface area contributed by atoms with Gasteiger partial charge >= 0.3 is 53.6 Å². The number of halogens is 17. The minimum atomic E-state index is -8.76. The van der Waals surface area contributed by atoms with Gasteiger partial charge in [-0.15, -0.1) is 6.42 Å². The minimum Gasteiger partial charge on any atom is -0.464 e. The smallest absolute Gasteiger partial charge is 0.460 e. The minimum absolute atomic E-state index is 0.233. The van der Waals surface area contributed by atoms with E-state index in [2.05, 4.69) is 14.8 Å². The molecule has 1 rings (SSSR count). The molecule has 1 aromatic carbocycles. The van der Waals surface area contributed by atoms with E-state index in [1.807, 2.05) is 5.92 Å². The Labute approximate surface area is 250 Å². The first kappa shape index (κ1) is 40.9. The molecule has 264 valence electrons. The molecule has 0 spiro atoms. The molecule has 1 aromatic rings. The summed E-state index contributed by atoms with van der Waals surface area (Å²) in [6.07, 6.45) is -5.82. The molecule has 0 heterocycles. The number of ether oxygens (including phenoxy) is 1. The number of nitrogens with zero attached hydrogens (tertiary/aromatic N) is 4. The number of rotatable bonds is 15. The topological polar surface area (TPSA) is 95.4 Å². The molecule has 0 aliphatic heterocycles. The third kappa shape index (κ3) is 7.38. The summed E-state index contributed by atoms with van der Waals surface area (Å²) in [6, 6.07) is 4.92. The Morgan fingerprint density at radius 2 is 1.30 bits per heavy atom. The van der Waals surface area contributed by atoms with Gasteiger partial charge in [-0.2, -0.15) is 74.6 Å². The summed E-state index contributed by atoms with van der Waals surface area (Å²) in [5.74, 6) is -58.6. The van der Waals surface area contributed by atoms with Crippen molar-refractivity contribution >= 4 is 11.9 Å². The molecular formula is C23H15F17N4O3. The van der Waals surface area contributed by atoms with Crippen LogP contribution in [-0.2, 0) is 16.1 Å². The van der Waals surface area contributed by atoms with Crippen molar-refractivity contribution in [1.82, 2.24) is 4.90 Å². The molecule has 24 heteroatoms. The number of carbonyl (C=O) groups is 2. The van der Waals surface area contributed by atoms with Crippen molar-refractivity contribution in [3.05, 3.63) is 45.8 Å². The number of alkyl halides is 17. The maximum absolute atomic E-state index is 14.0. The van der Waals surface area contributed by atoms with Crippen LogP contribution in [0.25, 0.3) is 10.4 Å². The maximum atomic E-state index is 14.0. The van der Waals surface area contributed by atoms with Gasteiger partial charge in [0.1, 0.15) is 6.54 Å². The van der Waals surface area contributed by atoms with Gasteiger partial charge in [-0.25, -0.2) is 0 Å². The Morgan fingerprint density at radius 1 is 0.809 bits per heavy atom. The van der Waals surface area contributed by atoms with Gasteiger partial charge in [-0.1, -0.05) is 23.2 Å². The lowest BCUT2D eigenvalue weighted by atomic mass is 9.88. The fourth-order valence-electron chi connectivity index (χ4n) is 3.26.